The van der Waals surface area contributed by atoms with E-state index in [0.29, 0.717) is 6.04 Å². The Morgan fingerprint density at radius 2 is 2.05 bits per heavy atom. The van der Waals surface area contributed by atoms with E-state index in [0.717, 1.165) is 56.5 Å². The highest BCUT2D eigenvalue weighted by Crippen LogP contribution is 2.49. The lowest BCUT2D eigenvalue weighted by Gasteiger charge is -2.26. The predicted molar refractivity (Wildman–Crippen MR) is 82.4 cm³/mol. The van der Waals surface area contributed by atoms with Crippen molar-refractivity contribution in [3.05, 3.63) is 29.8 Å². The molecule has 0 spiro atoms. The molecule has 1 aliphatic heterocycles. The molecular formula is C17H24N2O2. The van der Waals surface area contributed by atoms with Gasteiger partial charge in [-0.2, -0.15) is 0 Å². The lowest BCUT2D eigenvalue weighted by molar-refractivity contribution is -0.127. The molecule has 1 aromatic rings. The normalized spacial score (nSPS) is 20.8. The van der Waals surface area contributed by atoms with Crippen LogP contribution in [0.4, 0.5) is 0 Å². The van der Waals surface area contributed by atoms with Crippen molar-refractivity contribution in [2.75, 3.05) is 20.2 Å². The number of ether oxygens (including phenoxy) is 1. The molecule has 2 fully saturated rings. The minimum Gasteiger partial charge on any atom is -0.496 e. The van der Waals surface area contributed by atoms with E-state index in [1.807, 2.05) is 18.2 Å². The van der Waals surface area contributed by atoms with Crippen molar-refractivity contribution in [3.63, 3.8) is 0 Å². The molecule has 4 nitrogen and oxygen atoms in total. The number of amides is 1. The standard InChI is InChI=1S/C17H24N2O2/c1-21-15-5-3-2-4-13(15)12-17(8-9-17)16(20)19-14-6-10-18-11-7-14/h2-5,14,18H,6-12H2,1H3,(H,19,20). The van der Waals surface area contributed by atoms with Gasteiger partial charge in [-0.05, 0) is 56.8 Å². The van der Waals surface area contributed by atoms with E-state index in [4.69, 9.17) is 4.74 Å². The van der Waals surface area contributed by atoms with Crippen LogP contribution in [0.1, 0.15) is 31.2 Å². The number of methoxy groups -OCH3 is 1. The Balaban J connectivity index is 1.65. The van der Waals surface area contributed by atoms with Crippen molar-refractivity contribution >= 4 is 5.91 Å². The maximum atomic E-state index is 12.6. The van der Waals surface area contributed by atoms with Gasteiger partial charge in [-0.25, -0.2) is 0 Å². The topological polar surface area (TPSA) is 50.4 Å². The lowest BCUT2D eigenvalue weighted by atomic mass is 9.94. The summed E-state index contributed by atoms with van der Waals surface area (Å²) in [6.07, 6.45) is 4.84. The van der Waals surface area contributed by atoms with Crippen molar-refractivity contribution < 1.29 is 9.53 Å². The largest absolute Gasteiger partial charge is 0.496 e. The highest BCUT2D eigenvalue weighted by Gasteiger charge is 2.50. The fourth-order valence-corrected chi connectivity index (χ4v) is 3.15. The van der Waals surface area contributed by atoms with Gasteiger partial charge in [-0.3, -0.25) is 4.79 Å². The second kappa shape index (κ2) is 6.06. The number of carbonyl (C=O) groups is 1. The maximum Gasteiger partial charge on any atom is 0.226 e. The summed E-state index contributed by atoms with van der Waals surface area (Å²) in [5.41, 5.74) is 0.942. The fraction of sp³-hybridized carbons (Fsp3) is 0.588. The van der Waals surface area contributed by atoms with Crippen LogP contribution in [-0.2, 0) is 11.2 Å². The van der Waals surface area contributed by atoms with E-state index < -0.39 is 0 Å². The number of benzene rings is 1. The van der Waals surface area contributed by atoms with Crippen LogP contribution < -0.4 is 15.4 Å². The molecule has 0 atom stereocenters. The predicted octanol–water partition coefficient (Wildman–Crippen LogP) is 1.89. The number of rotatable bonds is 5. The molecule has 0 unspecified atom stereocenters. The summed E-state index contributed by atoms with van der Waals surface area (Å²) in [7, 11) is 1.69. The molecule has 1 saturated carbocycles. The van der Waals surface area contributed by atoms with E-state index in [9.17, 15) is 4.79 Å². The quantitative estimate of drug-likeness (QED) is 0.870. The Labute approximate surface area is 126 Å². The summed E-state index contributed by atoms with van der Waals surface area (Å²) in [5, 5.41) is 6.59. The van der Waals surface area contributed by atoms with Gasteiger partial charge in [0.1, 0.15) is 5.75 Å². The van der Waals surface area contributed by atoms with Gasteiger partial charge < -0.3 is 15.4 Å². The summed E-state index contributed by atoms with van der Waals surface area (Å²) in [5.74, 6) is 1.12. The molecule has 1 aromatic carbocycles. The van der Waals surface area contributed by atoms with Gasteiger partial charge in [0.2, 0.25) is 5.91 Å². The molecule has 3 rings (SSSR count). The summed E-state index contributed by atoms with van der Waals surface area (Å²) in [6.45, 7) is 2.01. The van der Waals surface area contributed by atoms with Gasteiger partial charge in [-0.15, -0.1) is 0 Å². The molecule has 1 saturated heterocycles. The molecule has 0 bridgehead atoms. The van der Waals surface area contributed by atoms with Gasteiger partial charge in [-0.1, -0.05) is 18.2 Å². The van der Waals surface area contributed by atoms with Crippen molar-refractivity contribution in [2.45, 2.75) is 38.1 Å². The molecule has 4 heteroatoms. The van der Waals surface area contributed by atoms with E-state index in [1.165, 1.54) is 0 Å². The van der Waals surface area contributed by atoms with Gasteiger partial charge in [0.15, 0.2) is 0 Å². The molecule has 1 aliphatic carbocycles. The van der Waals surface area contributed by atoms with E-state index in [2.05, 4.69) is 16.7 Å². The highest BCUT2D eigenvalue weighted by atomic mass is 16.5. The average Bonchev–Trinajstić information content (AvgIpc) is 3.30. The van der Waals surface area contributed by atoms with E-state index >= 15 is 0 Å². The van der Waals surface area contributed by atoms with Crippen molar-refractivity contribution in [2.24, 2.45) is 5.41 Å². The number of carbonyl (C=O) groups excluding carboxylic acids is 1. The zero-order valence-corrected chi connectivity index (χ0v) is 12.7. The molecule has 0 aromatic heterocycles. The van der Waals surface area contributed by atoms with Gasteiger partial charge in [0, 0.05) is 6.04 Å². The van der Waals surface area contributed by atoms with Crippen LogP contribution in [0.15, 0.2) is 24.3 Å². The zero-order valence-electron chi connectivity index (χ0n) is 12.7. The first-order valence-electron chi connectivity index (χ1n) is 7.87. The Hall–Kier alpha value is -1.55. The SMILES string of the molecule is COc1ccccc1CC1(C(=O)NC2CCNCC2)CC1. The molecule has 1 amide bonds. The number of nitrogens with one attached hydrogen (secondary N) is 2. The second-order valence-corrected chi connectivity index (χ2v) is 6.27. The number of hydrogen-bond donors (Lipinski definition) is 2. The molecule has 114 valence electrons. The Bertz CT molecular complexity index is 505. The third kappa shape index (κ3) is 3.21. The molecule has 0 radical (unpaired) electrons. The van der Waals surface area contributed by atoms with Crippen molar-refractivity contribution in [3.8, 4) is 5.75 Å². The maximum absolute atomic E-state index is 12.6. The molecule has 21 heavy (non-hydrogen) atoms. The molecular weight excluding hydrogens is 264 g/mol. The average molecular weight is 288 g/mol. The summed E-state index contributed by atoms with van der Waals surface area (Å²) in [6, 6.07) is 8.36. The first-order valence-corrected chi connectivity index (χ1v) is 7.87. The molecule has 1 heterocycles. The first kappa shape index (κ1) is 14.4. The smallest absolute Gasteiger partial charge is 0.226 e. The third-order valence-corrected chi connectivity index (χ3v) is 4.73. The van der Waals surface area contributed by atoms with Crippen LogP contribution in [0, 0.1) is 5.41 Å². The Morgan fingerprint density at radius 1 is 1.33 bits per heavy atom. The second-order valence-electron chi connectivity index (χ2n) is 6.27. The summed E-state index contributed by atoms with van der Waals surface area (Å²) < 4.78 is 5.41. The number of piperidine rings is 1. The number of hydrogen-bond acceptors (Lipinski definition) is 3. The first-order chi connectivity index (χ1) is 10.2. The highest BCUT2D eigenvalue weighted by molar-refractivity contribution is 5.86. The molecule has 2 N–H and O–H groups in total. The Kier molecular flexibility index (Phi) is 4.15. The van der Waals surface area contributed by atoms with Crippen LogP contribution in [0.25, 0.3) is 0 Å². The minimum absolute atomic E-state index is 0.195. The zero-order chi connectivity index (χ0) is 14.7. The van der Waals surface area contributed by atoms with E-state index in [1.54, 1.807) is 7.11 Å². The van der Waals surface area contributed by atoms with Crippen LogP contribution >= 0.6 is 0 Å². The van der Waals surface area contributed by atoms with Crippen LogP contribution in [0.3, 0.4) is 0 Å². The Morgan fingerprint density at radius 3 is 2.71 bits per heavy atom. The van der Waals surface area contributed by atoms with E-state index in [-0.39, 0.29) is 11.3 Å². The fourth-order valence-electron chi connectivity index (χ4n) is 3.15. The lowest BCUT2D eigenvalue weighted by Crippen LogP contribution is -2.45. The van der Waals surface area contributed by atoms with Crippen molar-refractivity contribution in [1.82, 2.24) is 10.6 Å². The van der Waals surface area contributed by atoms with Gasteiger partial charge >= 0.3 is 0 Å². The summed E-state index contributed by atoms with van der Waals surface area (Å²) >= 11 is 0. The van der Waals surface area contributed by atoms with Gasteiger partial charge in [0.05, 0.1) is 12.5 Å². The summed E-state index contributed by atoms with van der Waals surface area (Å²) in [4.78, 5) is 12.6. The van der Waals surface area contributed by atoms with Gasteiger partial charge in [0.25, 0.3) is 0 Å². The monoisotopic (exact) mass is 288 g/mol. The number of para-hydroxylation sites is 1. The van der Waals surface area contributed by atoms with Crippen LogP contribution in [0.5, 0.6) is 5.75 Å². The third-order valence-electron chi connectivity index (χ3n) is 4.73. The minimum atomic E-state index is -0.195. The van der Waals surface area contributed by atoms with Crippen LogP contribution in [0.2, 0.25) is 0 Å². The van der Waals surface area contributed by atoms with Crippen LogP contribution in [-0.4, -0.2) is 32.1 Å². The van der Waals surface area contributed by atoms with Crippen molar-refractivity contribution in [1.29, 1.82) is 0 Å². The molecule has 2 aliphatic rings.